The van der Waals surface area contributed by atoms with Gasteiger partial charge in [0.1, 0.15) is 17.8 Å². The monoisotopic (exact) mass is 593 g/mol. The van der Waals surface area contributed by atoms with Crippen molar-refractivity contribution < 1.29 is 23.0 Å². The van der Waals surface area contributed by atoms with E-state index in [1.807, 2.05) is 48.2 Å². The van der Waals surface area contributed by atoms with E-state index >= 15 is 0 Å². The predicted molar refractivity (Wildman–Crippen MR) is 160 cm³/mol. The van der Waals surface area contributed by atoms with Crippen LogP contribution >= 0.6 is 11.8 Å². The fourth-order valence-corrected chi connectivity index (χ4v) is 6.00. The highest BCUT2D eigenvalue weighted by atomic mass is 32.2. The third kappa shape index (κ3) is 6.52. The van der Waals surface area contributed by atoms with Gasteiger partial charge >= 0.3 is 6.36 Å². The van der Waals surface area contributed by atoms with Crippen LogP contribution in [0, 0.1) is 6.92 Å². The first-order valence-electron chi connectivity index (χ1n) is 13.3. The molecule has 0 bridgehead atoms. The molecule has 1 fully saturated rings. The quantitative estimate of drug-likeness (QED) is 0.225. The summed E-state index contributed by atoms with van der Waals surface area (Å²) in [7, 11) is 0. The Morgan fingerprint density at radius 3 is 2.45 bits per heavy atom. The van der Waals surface area contributed by atoms with Crippen molar-refractivity contribution in [3.8, 4) is 22.8 Å². The van der Waals surface area contributed by atoms with Crippen molar-refractivity contribution in [3.63, 3.8) is 0 Å². The van der Waals surface area contributed by atoms with Gasteiger partial charge in [-0.05, 0) is 66.8 Å². The highest BCUT2D eigenvalue weighted by Crippen LogP contribution is 2.45. The Hall–Kier alpha value is -4.09. The van der Waals surface area contributed by atoms with E-state index in [1.54, 1.807) is 24.2 Å². The van der Waals surface area contributed by atoms with Crippen LogP contribution < -0.4 is 9.64 Å². The van der Waals surface area contributed by atoms with Crippen LogP contribution in [0.2, 0.25) is 0 Å². The molecular weight excluding hydrogens is 563 g/mol. The molecular formula is C31H30F3N5O2S. The number of aryl methyl sites for hydroxylation is 1. The number of aliphatic hydroxyl groups is 1. The molecule has 11 heteroatoms. The number of thioether (sulfide) groups is 1. The molecule has 1 aliphatic heterocycles. The van der Waals surface area contributed by atoms with Gasteiger partial charge in [-0.2, -0.15) is 0 Å². The minimum absolute atomic E-state index is 0.296. The summed E-state index contributed by atoms with van der Waals surface area (Å²) < 4.78 is 42.6. The molecule has 0 saturated carbocycles. The number of nitrogens with zero attached hydrogens (tertiary/aromatic N) is 5. The average Bonchev–Trinajstić information content (AvgIpc) is 3.53. The number of ether oxygens (including phenoxy) is 1. The van der Waals surface area contributed by atoms with E-state index in [9.17, 15) is 18.3 Å². The number of aliphatic imine (C=N–C) groups is 1. The van der Waals surface area contributed by atoms with Gasteiger partial charge in [-0.3, -0.25) is 4.99 Å². The minimum Gasteiger partial charge on any atom is -0.406 e. The molecule has 1 atom stereocenters. The molecule has 5 rings (SSSR count). The van der Waals surface area contributed by atoms with Crippen molar-refractivity contribution in [1.29, 1.82) is 0 Å². The molecule has 3 aromatic carbocycles. The van der Waals surface area contributed by atoms with Gasteiger partial charge in [0.05, 0.1) is 16.9 Å². The lowest BCUT2D eigenvalue weighted by Gasteiger charge is -2.34. The Labute approximate surface area is 246 Å². The summed E-state index contributed by atoms with van der Waals surface area (Å²) in [4.78, 5) is 10.9. The van der Waals surface area contributed by atoms with Crippen LogP contribution in [0.15, 0.2) is 89.3 Å². The fourth-order valence-electron chi connectivity index (χ4n) is 4.89. The first-order valence-corrected chi connectivity index (χ1v) is 14.3. The zero-order chi connectivity index (χ0) is 30.1. The highest BCUT2D eigenvalue weighted by molar-refractivity contribution is 8.03. The highest BCUT2D eigenvalue weighted by Gasteiger charge is 2.40. The maximum absolute atomic E-state index is 12.4. The number of alkyl halides is 3. The van der Waals surface area contributed by atoms with E-state index in [4.69, 9.17) is 0 Å². The summed E-state index contributed by atoms with van der Waals surface area (Å²) in [5.74, 6) is 0.986. The Kier molecular flexibility index (Phi) is 8.16. The standard InChI is InChI=1S/C31H30F3N5O2S/c1-20(2)28-21(3)6-5-7-26(28)39-27(42-18-30(39,4)40)17-35-16-22-8-10-23(11-9-22)29-36-19-38(37-29)24-12-14-25(15-13-24)41-31(32,33)34/h5-17,19-20,40H,18H2,1-4H3/b27-17-,35-16?. The van der Waals surface area contributed by atoms with Crippen LogP contribution in [0.4, 0.5) is 18.9 Å². The zero-order valence-corrected chi connectivity index (χ0v) is 24.3. The van der Waals surface area contributed by atoms with E-state index in [1.165, 1.54) is 46.4 Å². The van der Waals surface area contributed by atoms with E-state index in [2.05, 4.69) is 46.6 Å². The second-order valence-corrected chi connectivity index (χ2v) is 11.4. The minimum atomic E-state index is -4.74. The molecule has 0 amide bonds. The van der Waals surface area contributed by atoms with Crippen molar-refractivity contribution in [3.05, 3.63) is 101 Å². The molecule has 1 aromatic heterocycles. The normalized spacial score (nSPS) is 18.5. The molecule has 0 aliphatic carbocycles. The van der Waals surface area contributed by atoms with Crippen LogP contribution in [-0.2, 0) is 0 Å². The second-order valence-electron chi connectivity index (χ2n) is 10.4. The summed E-state index contributed by atoms with van der Waals surface area (Å²) in [6.45, 7) is 8.23. The molecule has 1 N–H and O–H groups in total. The Morgan fingerprint density at radius 1 is 1.07 bits per heavy atom. The van der Waals surface area contributed by atoms with Gasteiger partial charge in [0.25, 0.3) is 0 Å². The zero-order valence-electron chi connectivity index (χ0n) is 23.5. The lowest BCUT2D eigenvalue weighted by molar-refractivity contribution is -0.274. The van der Waals surface area contributed by atoms with Crippen molar-refractivity contribution in [1.82, 2.24) is 14.8 Å². The molecule has 1 unspecified atom stereocenters. The van der Waals surface area contributed by atoms with Crippen molar-refractivity contribution in [2.24, 2.45) is 4.99 Å². The van der Waals surface area contributed by atoms with Crippen molar-refractivity contribution in [2.75, 3.05) is 10.7 Å². The van der Waals surface area contributed by atoms with E-state index in [0.29, 0.717) is 23.2 Å². The summed E-state index contributed by atoms with van der Waals surface area (Å²) in [5, 5.41) is 16.5. The largest absolute Gasteiger partial charge is 0.573 e. The third-order valence-corrected chi connectivity index (χ3v) is 7.99. The van der Waals surface area contributed by atoms with Gasteiger partial charge in [0.15, 0.2) is 5.82 Å². The molecule has 42 heavy (non-hydrogen) atoms. The SMILES string of the molecule is Cc1cccc(N2/C(=C/N=Cc3ccc(-c4ncn(-c5ccc(OC(F)(F)F)cc5)n4)cc3)SCC2(C)O)c1C(C)C. The van der Waals surface area contributed by atoms with Gasteiger partial charge in [-0.15, -0.1) is 30.0 Å². The van der Waals surface area contributed by atoms with E-state index < -0.39 is 12.1 Å². The lowest BCUT2D eigenvalue weighted by Crippen LogP contribution is -2.42. The first-order chi connectivity index (χ1) is 19.9. The molecule has 7 nitrogen and oxygen atoms in total. The second kappa shape index (κ2) is 11.7. The van der Waals surface area contributed by atoms with Crippen LogP contribution in [0.25, 0.3) is 17.1 Å². The smallest absolute Gasteiger partial charge is 0.406 e. The number of hydrogen-bond donors (Lipinski definition) is 1. The molecule has 0 spiro atoms. The number of halogens is 3. The molecule has 1 saturated heterocycles. The maximum Gasteiger partial charge on any atom is 0.573 e. The van der Waals surface area contributed by atoms with Crippen LogP contribution in [-0.4, -0.2) is 43.9 Å². The number of hydrogen-bond acceptors (Lipinski definition) is 7. The van der Waals surface area contributed by atoms with Crippen molar-refractivity contribution >= 4 is 23.7 Å². The Balaban J connectivity index is 1.30. The number of anilines is 1. The summed E-state index contributed by atoms with van der Waals surface area (Å²) in [6, 6.07) is 19.1. The fraction of sp³-hybridized carbons (Fsp3) is 0.258. The van der Waals surface area contributed by atoms with E-state index in [-0.39, 0.29) is 5.75 Å². The third-order valence-electron chi connectivity index (χ3n) is 6.72. The Morgan fingerprint density at radius 2 is 1.79 bits per heavy atom. The maximum atomic E-state index is 12.4. The topological polar surface area (TPSA) is 75.8 Å². The molecule has 0 radical (unpaired) electrons. The summed E-state index contributed by atoms with van der Waals surface area (Å²) >= 11 is 1.56. The summed E-state index contributed by atoms with van der Waals surface area (Å²) in [6.07, 6.45) is 0.278. The molecule has 218 valence electrons. The van der Waals surface area contributed by atoms with Gasteiger partial charge in [-0.1, -0.05) is 50.2 Å². The van der Waals surface area contributed by atoms with Crippen LogP contribution in [0.5, 0.6) is 5.75 Å². The van der Waals surface area contributed by atoms with Gasteiger partial charge < -0.3 is 14.7 Å². The number of rotatable bonds is 7. The van der Waals surface area contributed by atoms with Gasteiger partial charge in [0, 0.05) is 23.2 Å². The molecule has 1 aliphatic rings. The number of aromatic nitrogens is 3. The van der Waals surface area contributed by atoms with Gasteiger partial charge in [0.2, 0.25) is 0 Å². The molecule has 2 heterocycles. The van der Waals surface area contributed by atoms with Gasteiger partial charge in [-0.25, -0.2) is 9.67 Å². The Bertz CT molecular complexity index is 1610. The first kappa shape index (κ1) is 29.4. The molecule has 4 aromatic rings. The number of benzene rings is 3. The van der Waals surface area contributed by atoms with E-state index in [0.717, 1.165) is 21.8 Å². The van der Waals surface area contributed by atoms with Crippen LogP contribution in [0.1, 0.15) is 43.4 Å². The predicted octanol–water partition coefficient (Wildman–Crippen LogP) is 7.44. The van der Waals surface area contributed by atoms with Crippen molar-refractivity contribution in [2.45, 2.75) is 45.7 Å². The summed E-state index contributed by atoms with van der Waals surface area (Å²) in [5.41, 5.74) is 4.53. The average molecular weight is 594 g/mol. The lowest BCUT2D eigenvalue weighted by atomic mass is 9.94. The van der Waals surface area contributed by atoms with Crippen LogP contribution in [0.3, 0.4) is 0 Å².